The first-order valence-corrected chi connectivity index (χ1v) is 3.70. The fraction of sp³-hybridized carbons (Fsp3) is 0.286. The standard InChI is InChI=1S/C7H9N5/c1-5(8)6-10-11-7-9-3-2-4-12(6)7/h2-5H,8H2,1H3/t5-/m0/s1. The van der Waals surface area contributed by atoms with Crippen LogP contribution >= 0.6 is 0 Å². The number of hydrogen-bond acceptors (Lipinski definition) is 4. The van der Waals surface area contributed by atoms with Gasteiger partial charge in [-0.3, -0.25) is 4.40 Å². The summed E-state index contributed by atoms with van der Waals surface area (Å²) in [5, 5.41) is 7.78. The lowest BCUT2D eigenvalue weighted by Gasteiger charge is -2.00. The minimum atomic E-state index is -0.121. The van der Waals surface area contributed by atoms with Crippen molar-refractivity contribution >= 4 is 5.78 Å². The zero-order valence-corrected chi connectivity index (χ0v) is 6.68. The Labute approximate surface area is 69.2 Å². The minimum Gasteiger partial charge on any atom is -0.322 e. The Hall–Kier alpha value is -1.49. The van der Waals surface area contributed by atoms with Gasteiger partial charge in [0.1, 0.15) is 0 Å². The summed E-state index contributed by atoms with van der Waals surface area (Å²) >= 11 is 0. The van der Waals surface area contributed by atoms with Crippen LogP contribution < -0.4 is 5.73 Å². The maximum Gasteiger partial charge on any atom is 0.254 e. The molecule has 2 aromatic rings. The van der Waals surface area contributed by atoms with E-state index in [9.17, 15) is 0 Å². The molecule has 62 valence electrons. The van der Waals surface area contributed by atoms with Gasteiger partial charge in [0.15, 0.2) is 5.82 Å². The summed E-state index contributed by atoms with van der Waals surface area (Å²) in [6.07, 6.45) is 3.52. The molecule has 2 aromatic heterocycles. The molecule has 0 radical (unpaired) electrons. The van der Waals surface area contributed by atoms with Crippen LogP contribution in [-0.2, 0) is 0 Å². The van der Waals surface area contributed by atoms with Crippen molar-refractivity contribution in [3.05, 3.63) is 24.3 Å². The number of fused-ring (bicyclic) bond motifs is 1. The Kier molecular flexibility index (Phi) is 1.51. The number of nitrogens with two attached hydrogens (primary N) is 1. The summed E-state index contributed by atoms with van der Waals surface area (Å²) in [6, 6.07) is 1.70. The third-order valence-corrected chi connectivity index (χ3v) is 1.62. The van der Waals surface area contributed by atoms with Crippen molar-refractivity contribution in [2.24, 2.45) is 5.73 Å². The summed E-state index contributed by atoms with van der Waals surface area (Å²) < 4.78 is 1.78. The van der Waals surface area contributed by atoms with Crippen molar-refractivity contribution in [3.63, 3.8) is 0 Å². The van der Waals surface area contributed by atoms with Crippen LogP contribution in [0, 0.1) is 0 Å². The second-order valence-electron chi connectivity index (χ2n) is 2.64. The average molecular weight is 163 g/mol. The molecule has 5 heteroatoms. The van der Waals surface area contributed by atoms with Gasteiger partial charge in [-0.05, 0) is 13.0 Å². The monoisotopic (exact) mass is 163 g/mol. The Morgan fingerprint density at radius 3 is 3.08 bits per heavy atom. The van der Waals surface area contributed by atoms with E-state index in [1.807, 2.05) is 19.2 Å². The highest BCUT2D eigenvalue weighted by Gasteiger charge is 2.08. The lowest BCUT2D eigenvalue weighted by molar-refractivity contribution is 0.725. The van der Waals surface area contributed by atoms with E-state index < -0.39 is 0 Å². The van der Waals surface area contributed by atoms with Crippen LogP contribution in [0.5, 0.6) is 0 Å². The minimum absolute atomic E-state index is 0.121. The van der Waals surface area contributed by atoms with E-state index >= 15 is 0 Å². The first-order valence-electron chi connectivity index (χ1n) is 3.70. The lowest BCUT2D eigenvalue weighted by atomic mass is 10.3. The highest BCUT2D eigenvalue weighted by Crippen LogP contribution is 2.06. The van der Waals surface area contributed by atoms with Gasteiger partial charge in [0.2, 0.25) is 0 Å². The van der Waals surface area contributed by atoms with Crippen molar-refractivity contribution < 1.29 is 0 Å². The molecule has 2 heterocycles. The van der Waals surface area contributed by atoms with Gasteiger partial charge in [0.25, 0.3) is 5.78 Å². The molecule has 0 spiro atoms. The number of nitrogens with zero attached hydrogens (tertiary/aromatic N) is 4. The van der Waals surface area contributed by atoms with Crippen molar-refractivity contribution in [2.75, 3.05) is 0 Å². The van der Waals surface area contributed by atoms with Gasteiger partial charge in [0, 0.05) is 12.4 Å². The third-order valence-electron chi connectivity index (χ3n) is 1.62. The fourth-order valence-electron chi connectivity index (χ4n) is 1.07. The van der Waals surface area contributed by atoms with Crippen molar-refractivity contribution in [3.8, 4) is 0 Å². The zero-order valence-electron chi connectivity index (χ0n) is 6.68. The molecule has 0 fully saturated rings. The van der Waals surface area contributed by atoms with Crippen molar-refractivity contribution in [2.45, 2.75) is 13.0 Å². The van der Waals surface area contributed by atoms with Crippen LogP contribution in [0.1, 0.15) is 18.8 Å². The molecule has 0 bridgehead atoms. The molecule has 2 N–H and O–H groups in total. The summed E-state index contributed by atoms with van der Waals surface area (Å²) in [5.41, 5.74) is 5.67. The largest absolute Gasteiger partial charge is 0.322 e. The number of hydrogen-bond donors (Lipinski definition) is 1. The zero-order chi connectivity index (χ0) is 8.55. The molecule has 0 saturated carbocycles. The fourth-order valence-corrected chi connectivity index (χ4v) is 1.07. The predicted octanol–water partition coefficient (Wildman–Crippen LogP) is 0.144. The molecule has 0 aliphatic heterocycles. The van der Waals surface area contributed by atoms with Gasteiger partial charge in [-0.1, -0.05) is 0 Å². The van der Waals surface area contributed by atoms with Crippen LogP contribution in [-0.4, -0.2) is 19.6 Å². The molecular weight excluding hydrogens is 154 g/mol. The molecule has 0 saturated heterocycles. The number of rotatable bonds is 1. The van der Waals surface area contributed by atoms with Gasteiger partial charge in [0.05, 0.1) is 6.04 Å². The molecule has 0 aromatic carbocycles. The van der Waals surface area contributed by atoms with E-state index in [1.54, 1.807) is 10.6 Å². The van der Waals surface area contributed by atoms with Gasteiger partial charge in [-0.15, -0.1) is 10.2 Å². The Balaban J connectivity index is 2.70. The maximum atomic E-state index is 5.67. The second-order valence-corrected chi connectivity index (χ2v) is 2.64. The average Bonchev–Trinajstić information content (AvgIpc) is 2.47. The molecule has 0 aliphatic rings. The second kappa shape index (κ2) is 2.53. The van der Waals surface area contributed by atoms with E-state index in [2.05, 4.69) is 15.2 Å². The molecular formula is C7H9N5. The van der Waals surface area contributed by atoms with Crippen molar-refractivity contribution in [1.82, 2.24) is 19.6 Å². The van der Waals surface area contributed by atoms with Crippen LogP contribution in [0.25, 0.3) is 5.78 Å². The SMILES string of the molecule is C[C@H](N)c1nnc2ncccn12. The molecule has 2 rings (SSSR count). The van der Waals surface area contributed by atoms with E-state index in [-0.39, 0.29) is 6.04 Å². The molecule has 0 unspecified atom stereocenters. The molecule has 5 nitrogen and oxygen atoms in total. The molecule has 1 atom stereocenters. The van der Waals surface area contributed by atoms with Gasteiger partial charge in [-0.2, -0.15) is 0 Å². The predicted molar refractivity (Wildman–Crippen MR) is 43.4 cm³/mol. The normalized spacial score (nSPS) is 13.5. The quantitative estimate of drug-likeness (QED) is 0.649. The van der Waals surface area contributed by atoms with Gasteiger partial charge in [-0.25, -0.2) is 4.98 Å². The third kappa shape index (κ3) is 0.947. The van der Waals surface area contributed by atoms with Gasteiger partial charge < -0.3 is 5.73 Å². The summed E-state index contributed by atoms with van der Waals surface area (Å²) in [7, 11) is 0. The van der Waals surface area contributed by atoms with Crippen LogP contribution in [0.2, 0.25) is 0 Å². The summed E-state index contributed by atoms with van der Waals surface area (Å²) in [5.74, 6) is 1.32. The van der Waals surface area contributed by atoms with E-state index in [0.717, 1.165) is 5.82 Å². The first-order chi connectivity index (χ1) is 5.79. The molecule has 0 amide bonds. The highest BCUT2D eigenvalue weighted by molar-refractivity contribution is 5.26. The number of aromatic nitrogens is 4. The summed E-state index contributed by atoms with van der Waals surface area (Å²) in [6.45, 7) is 1.86. The summed E-state index contributed by atoms with van der Waals surface area (Å²) in [4.78, 5) is 4.02. The van der Waals surface area contributed by atoms with E-state index in [0.29, 0.717) is 5.78 Å². The van der Waals surface area contributed by atoms with E-state index in [4.69, 9.17) is 5.73 Å². The van der Waals surface area contributed by atoms with Crippen LogP contribution in [0.4, 0.5) is 0 Å². The van der Waals surface area contributed by atoms with E-state index in [1.165, 1.54) is 0 Å². The Morgan fingerprint density at radius 2 is 2.33 bits per heavy atom. The van der Waals surface area contributed by atoms with Crippen molar-refractivity contribution in [1.29, 1.82) is 0 Å². The maximum absolute atomic E-state index is 5.67. The Morgan fingerprint density at radius 1 is 1.50 bits per heavy atom. The Bertz CT molecular complexity index is 391. The molecule has 12 heavy (non-hydrogen) atoms. The van der Waals surface area contributed by atoms with Crippen LogP contribution in [0.3, 0.4) is 0 Å². The molecule has 0 aliphatic carbocycles. The topological polar surface area (TPSA) is 69.1 Å². The smallest absolute Gasteiger partial charge is 0.254 e. The lowest BCUT2D eigenvalue weighted by Crippen LogP contribution is -2.09. The van der Waals surface area contributed by atoms with Crippen LogP contribution in [0.15, 0.2) is 18.5 Å². The van der Waals surface area contributed by atoms with Gasteiger partial charge >= 0.3 is 0 Å². The highest BCUT2D eigenvalue weighted by atomic mass is 15.3. The first kappa shape index (κ1) is 7.17.